The van der Waals surface area contributed by atoms with Crippen molar-refractivity contribution in [3.8, 4) is 11.8 Å². The Morgan fingerprint density at radius 3 is 2.90 bits per heavy atom. The number of hydrogen-bond donors (Lipinski definition) is 2. The zero-order valence-electron chi connectivity index (χ0n) is 12.2. The number of unbranched alkanes of at least 4 members (excludes halogenated alkanes) is 2. The van der Waals surface area contributed by atoms with Gasteiger partial charge in [-0.3, -0.25) is 4.79 Å². The van der Waals surface area contributed by atoms with Crippen LogP contribution >= 0.6 is 0 Å². The van der Waals surface area contributed by atoms with Gasteiger partial charge in [0.25, 0.3) is 5.91 Å². The minimum Gasteiger partial charge on any atom is -0.385 e. The van der Waals surface area contributed by atoms with Gasteiger partial charge in [-0.25, -0.2) is 4.39 Å². The molecule has 0 fully saturated rings. The molecule has 0 bridgehead atoms. The van der Waals surface area contributed by atoms with Gasteiger partial charge in [-0.05, 0) is 37.5 Å². The van der Waals surface area contributed by atoms with Crippen LogP contribution in [-0.2, 0) is 4.74 Å². The third-order valence-corrected chi connectivity index (χ3v) is 2.86. The lowest BCUT2D eigenvalue weighted by Crippen LogP contribution is -2.25. The van der Waals surface area contributed by atoms with E-state index in [1.807, 2.05) is 0 Å². The number of ether oxygens (including phenoxy) is 1. The van der Waals surface area contributed by atoms with Gasteiger partial charge in [-0.2, -0.15) is 0 Å². The van der Waals surface area contributed by atoms with Crippen LogP contribution in [0.5, 0.6) is 0 Å². The van der Waals surface area contributed by atoms with Crippen LogP contribution in [-0.4, -0.2) is 32.7 Å². The summed E-state index contributed by atoms with van der Waals surface area (Å²) in [7, 11) is 1.66. The summed E-state index contributed by atoms with van der Waals surface area (Å²) in [5.74, 6) is 4.48. The van der Waals surface area contributed by atoms with E-state index in [0.717, 1.165) is 19.3 Å². The molecule has 0 aliphatic carbocycles. The number of methoxy groups -OCH3 is 1. The molecule has 0 saturated carbocycles. The standard InChI is InChI=1S/C16H21FN2O2/c1-21-11-4-2-3-10-19-16(20)14-12-13(6-5-9-18)7-8-15(14)17/h7-8,12H,2-4,9-11,18H2,1H3,(H,19,20). The van der Waals surface area contributed by atoms with Crippen molar-refractivity contribution < 1.29 is 13.9 Å². The fourth-order valence-corrected chi connectivity index (χ4v) is 1.78. The molecule has 21 heavy (non-hydrogen) atoms. The number of nitrogens with one attached hydrogen (secondary N) is 1. The second-order valence-electron chi connectivity index (χ2n) is 4.51. The van der Waals surface area contributed by atoms with Crippen molar-refractivity contribution in [3.05, 3.63) is 35.1 Å². The van der Waals surface area contributed by atoms with Gasteiger partial charge in [-0.15, -0.1) is 0 Å². The van der Waals surface area contributed by atoms with Gasteiger partial charge >= 0.3 is 0 Å². The molecule has 0 aliphatic heterocycles. The SMILES string of the molecule is COCCCCCNC(=O)c1cc(C#CCN)ccc1F. The zero-order valence-corrected chi connectivity index (χ0v) is 12.2. The lowest BCUT2D eigenvalue weighted by molar-refractivity contribution is 0.0948. The molecule has 0 aromatic heterocycles. The lowest BCUT2D eigenvalue weighted by atomic mass is 10.1. The molecule has 1 aromatic rings. The number of nitrogens with two attached hydrogens (primary N) is 1. The summed E-state index contributed by atoms with van der Waals surface area (Å²) in [5, 5.41) is 2.71. The van der Waals surface area contributed by atoms with E-state index in [9.17, 15) is 9.18 Å². The van der Waals surface area contributed by atoms with Crippen LogP contribution < -0.4 is 11.1 Å². The Morgan fingerprint density at radius 2 is 2.19 bits per heavy atom. The minimum atomic E-state index is -0.551. The monoisotopic (exact) mass is 292 g/mol. The summed E-state index contributed by atoms with van der Waals surface area (Å²) in [6.07, 6.45) is 2.74. The van der Waals surface area contributed by atoms with Crippen LogP contribution in [0.4, 0.5) is 4.39 Å². The first kappa shape index (κ1) is 17.2. The molecular formula is C16H21FN2O2. The second kappa shape index (κ2) is 9.92. The smallest absolute Gasteiger partial charge is 0.254 e. The summed E-state index contributed by atoms with van der Waals surface area (Å²) in [6.45, 7) is 1.45. The number of amides is 1. The number of carbonyl (C=O) groups is 1. The van der Waals surface area contributed by atoms with Crippen molar-refractivity contribution in [3.63, 3.8) is 0 Å². The van der Waals surface area contributed by atoms with Gasteiger partial charge in [0.15, 0.2) is 0 Å². The maximum Gasteiger partial charge on any atom is 0.254 e. The lowest BCUT2D eigenvalue weighted by Gasteiger charge is -2.06. The Bertz CT molecular complexity index is 521. The zero-order chi connectivity index (χ0) is 15.5. The fraction of sp³-hybridized carbons (Fsp3) is 0.438. The number of carbonyl (C=O) groups excluding carboxylic acids is 1. The van der Waals surface area contributed by atoms with Crippen LogP contribution in [0.25, 0.3) is 0 Å². The van der Waals surface area contributed by atoms with Gasteiger partial charge in [0.1, 0.15) is 5.82 Å². The highest BCUT2D eigenvalue weighted by atomic mass is 19.1. The molecule has 0 radical (unpaired) electrons. The van der Waals surface area contributed by atoms with Crippen molar-refractivity contribution in [2.75, 3.05) is 26.8 Å². The van der Waals surface area contributed by atoms with Gasteiger partial charge in [0.05, 0.1) is 12.1 Å². The average Bonchev–Trinajstić information content (AvgIpc) is 2.49. The topological polar surface area (TPSA) is 64.3 Å². The maximum absolute atomic E-state index is 13.7. The predicted octanol–water partition coefficient (Wildman–Crippen LogP) is 1.68. The Balaban J connectivity index is 2.53. The number of benzene rings is 1. The molecule has 1 rings (SSSR count). The average molecular weight is 292 g/mol. The van der Waals surface area contributed by atoms with Crippen molar-refractivity contribution >= 4 is 5.91 Å². The summed E-state index contributed by atoms with van der Waals surface area (Å²) >= 11 is 0. The van der Waals surface area contributed by atoms with E-state index in [-0.39, 0.29) is 12.1 Å². The van der Waals surface area contributed by atoms with Gasteiger partial charge < -0.3 is 15.8 Å². The van der Waals surface area contributed by atoms with Crippen molar-refractivity contribution in [1.29, 1.82) is 0 Å². The molecule has 0 spiro atoms. The van der Waals surface area contributed by atoms with E-state index in [2.05, 4.69) is 17.2 Å². The first-order valence-electron chi connectivity index (χ1n) is 6.94. The molecule has 114 valence electrons. The predicted molar refractivity (Wildman–Crippen MR) is 80.4 cm³/mol. The highest BCUT2D eigenvalue weighted by Gasteiger charge is 2.11. The molecule has 0 heterocycles. The molecule has 1 amide bonds. The van der Waals surface area contributed by atoms with E-state index in [1.54, 1.807) is 7.11 Å². The van der Waals surface area contributed by atoms with Crippen molar-refractivity contribution in [1.82, 2.24) is 5.32 Å². The minimum absolute atomic E-state index is 0.00992. The number of rotatable bonds is 7. The van der Waals surface area contributed by atoms with Crippen LogP contribution in [0.2, 0.25) is 0 Å². The molecule has 0 unspecified atom stereocenters. The first-order chi connectivity index (χ1) is 10.2. The van der Waals surface area contributed by atoms with E-state index < -0.39 is 11.7 Å². The number of hydrogen-bond acceptors (Lipinski definition) is 3. The summed E-state index contributed by atoms with van der Waals surface area (Å²) in [5.41, 5.74) is 5.87. The molecular weight excluding hydrogens is 271 g/mol. The quantitative estimate of drug-likeness (QED) is 0.593. The molecule has 1 aromatic carbocycles. The molecule has 0 aliphatic rings. The molecule has 3 N–H and O–H groups in total. The molecule has 0 atom stereocenters. The van der Waals surface area contributed by atoms with Crippen molar-refractivity contribution in [2.24, 2.45) is 5.73 Å². The second-order valence-corrected chi connectivity index (χ2v) is 4.51. The highest BCUT2D eigenvalue weighted by molar-refractivity contribution is 5.94. The molecule has 0 saturated heterocycles. The highest BCUT2D eigenvalue weighted by Crippen LogP contribution is 2.10. The van der Waals surface area contributed by atoms with Crippen LogP contribution in [0, 0.1) is 17.7 Å². The van der Waals surface area contributed by atoms with Gasteiger partial charge in [0, 0.05) is 25.8 Å². The largest absolute Gasteiger partial charge is 0.385 e. The summed E-state index contributed by atoms with van der Waals surface area (Å²) < 4.78 is 18.6. The molecule has 4 nitrogen and oxygen atoms in total. The third-order valence-electron chi connectivity index (χ3n) is 2.86. The Kier molecular flexibility index (Phi) is 8.10. The van der Waals surface area contributed by atoms with E-state index in [0.29, 0.717) is 18.7 Å². The Morgan fingerprint density at radius 1 is 1.38 bits per heavy atom. The summed E-state index contributed by atoms with van der Waals surface area (Å²) in [4.78, 5) is 11.9. The van der Waals surface area contributed by atoms with Gasteiger partial charge in [0.2, 0.25) is 0 Å². The molecule has 5 heteroatoms. The van der Waals surface area contributed by atoms with E-state index in [4.69, 9.17) is 10.5 Å². The summed E-state index contributed by atoms with van der Waals surface area (Å²) in [6, 6.07) is 4.21. The fourth-order valence-electron chi connectivity index (χ4n) is 1.78. The van der Waals surface area contributed by atoms with E-state index >= 15 is 0 Å². The normalized spacial score (nSPS) is 9.86. The van der Waals surface area contributed by atoms with Crippen LogP contribution in [0.3, 0.4) is 0 Å². The maximum atomic E-state index is 13.7. The van der Waals surface area contributed by atoms with Crippen molar-refractivity contribution in [2.45, 2.75) is 19.3 Å². The third kappa shape index (κ3) is 6.39. The Hall–Kier alpha value is -1.90. The number of halogens is 1. The van der Waals surface area contributed by atoms with Gasteiger partial charge in [-0.1, -0.05) is 11.8 Å². The van der Waals surface area contributed by atoms with Crippen LogP contribution in [0.1, 0.15) is 35.2 Å². The van der Waals surface area contributed by atoms with Crippen LogP contribution in [0.15, 0.2) is 18.2 Å². The Labute approximate surface area is 124 Å². The first-order valence-corrected chi connectivity index (χ1v) is 6.94. The van der Waals surface area contributed by atoms with E-state index in [1.165, 1.54) is 18.2 Å².